The first-order chi connectivity index (χ1) is 9.60. The molecule has 0 bridgehead atoms. The summed E-state index contributed by atoms with van der Waals surface area (Å²) in [5, 5.41) is 6.84. The maximum absolute atomic E-state index is 12.1. The van der Waals surface area contributed by atoms with E-state index in [1.807, 2.05) is 38.1 Å². The third-order valence-electron chi connectivity index (χ3n) is 2.81. The van der Waals surface area contributed by atoms with Crippen LogP contribution in [0.25, 0.3) is 0 Å². The normalized spacial score (nSPS) is 10.3. The number of nitrogens with zero attached hydrogens (tertiary/aromatic N) is 2. The van der Waals surface area contributed by atoms with E-state index in [-0.39, 0.29) is 17.2 Å². The molecule has 20 heavy (non-hydrogen) atoms. The highest BCUT2D eigenvalue weighted by Crippen LogP contribution is 2.10. The van der Waals surface area contributed by atoms with Crippen LogP contribution in [-0.2, 0) is 6.54 Å². The van der Waals surface area contributed by atoms with Crippen LogP contribution in [0.1, 0.15) is 29.4 Å². The second-order valence-electron chi connectivity index (χ2n) is 4.60. The summed E-state index contributed by atoms with van der Waals surface area (Å²) in [5.41, 5.74) is 1.82. The molecule has 2 aromatic rings. The van der Waals surface area contributed by atoms with Crippen molar-refractivity contribution >= 4 is 11.6 Å². The molecule has 0 atom stereocenters. The third kappa shape index (κ3) is 3.32. The van der Waals surface area contributed by atoms with Crippen LogP contribution in [0.3, 0.4) is 0 Å². The highest BCUT2D eigenvalue weighted by atomic mass is 16.2. The molecule has 0 aliphatic heterocycles. The molecule has 104 valence electrons. The summed E-state index contributed by atoms with van der Waals surface area (Å²) in [6.45, 7) is 4.41. The summed E-state index contributed by atoms with van der Waals surface area (Å²) in [6, 6.07) is 10.3. The molecule has 1 N–H and O–H groups in total. The van der Waals surface area contributed by atoms with Crippen molar-refractivity contribution in [2.45, 2.75) is 26.8 Å². The number of hydrogen-bond donors (Lipinski definition) is 1. The van der Waals surface area contributed by atoms with Crippen LogP contribution in [0.15, 0.2) is 41.2 Å². The van der Waals surface area contributed by atoms with E-state index in [9.17, 15) is 9.59 Å². The number of nitrogens with one attached hydrogen (secondary N) is 1. The van der Waals surface area contributed by atoms with Crippen molar-refractivity contribution in [1.82, 2.24) is 9.78 Å². The van der Waals surface area contributed by atoms with Gasteiger partial charge in [-0.25, -0.2) is 4.68 Å². The zero-order chi connectivity index (χ0) is 14.5. The summed E-state index contributed by atoms with van der Waals surface area (Å²) in [7, 11) is 0. The van der Waals surface area contributed by atoms with Gasteiger partial charge in [0.15, 0.2) is 0 Å². The Kier molecular flexibility index (Phi) is 4.30. The molecule has 0 unspecified atom stereocenters. The number of aromatic nitrogens is 2. The minimum atomic E-state index is -0.319. The first kappa shape index (κ1) is 14.0. The lowest BCUT2D eigenvalue weighted by molar-refractivity contribution is 0.102. The lowest BCUT2D eigenvalue weighted by Crippen LogP contribution is -2.26. The minimum Gasteiger partial charge on any atom is -0.321 e. The Morgan fingerprint density at radius 2 is 2.10 bits per heavy atom. The summed E-state index contributed by atoms with van der Waals surface area (Å²) >= 11 is 0. The molecule has 1 heterocycles. The highest BCUT2D eigenvalue weighted by molar-refractivity contribution is 6.02. The second kappa shape index (κ2) is 6.14. The molecule has 0 aliphatic rings. The van der Waals surface area contributed by atoms with Gasteiger partial charge in [0.05, 0.1) is 0 Å². The van der Waals surface area contributed by atoms with Crippen molar-refractivity contribution in [1.29, 1.82) is 0 Å². The molecule has 1 aromatic carbocycles. The fraction of sp³-hybridized carbons (Fsp3) is 0.267. The number of rotatable bonds is 4. The fourth-order valence-corrected chi connectivity index (χ4v) is 1.86. The van der Waals surface area contributed by atoms with Crippen molar-refractivity contribution in [2.24, 2.45) is 0 Å². The van der Waals surface area contributed by atoms with Gasteiger partial charge in [0.1, 0.15) is 5.69 Å². The molecule has 1 aromatic heterocycles. The first-order valence-electron chi connectivity index (χ1n) is 6.56. The van der Waals surface area contributed by atoms with Crippen LogP contribution in [0, 0.1) is 6.92 Å². The topological polar surface area (TPSA) is 64.0 Å². The minimum absolute atomic E-state index is 0.195. The van der Waals surface area contributed by atoms with Crippen LogP contribution in [0.5, 0.6) is 0 Å². The van der Waals surface area contributed by atoms with E-state index >= 15 is 0 Å². The smallest absolute Gasteiger partial charge is 0.276 e. The van der Waals surface area contributed by atoms with Gasteiger partial charge >= 0.3 is 0 Å². The number of benzene rings is 1. The molecular weight excluding hydrogens is 254 g/mol. The van der Waals surface area contributed by atoms with Crippen LogP contribution >= 0.6 is 0 Å². The molecule has 2 rings (SSSR count). The molecule has 0 fully saturated rings. The Balaban J connectivity index is 2.21. The van der Waals surface area contributed by atoms with Gasteiger partial charge in [0.25, 0.3) is 11.5 Å². The van der Waals surface area contributed by atoms with Gasteiger partial charge in [-0.2, -0.15) is 5.10 Å². The Morgan fingerprint density at radius 3 is 2.80 bits per heavy atom. The van der Waals surface area contributed by atoms with E-state index in [2.05, 4.69) is 10.4 Å². The quantitative estimate of drug-likeness (QED) is 0.927. The lowest BCUT2D eigenvalue weighted by Gasteiger charge is -2.07. The maximum atomic E-state index is 12.1. The summed E-state index contributed by atoms with van der Waals surface area (Å²) in [4.78, 5) is 23.7. The number of amides is 1. The van der Waals surface area contributed by atoms with E-state index in [1.54, 1.807) is 0 Å². The number of aryl methyl sites for hydroxylation is 2. The first-order valence-corrected chi connectivity index (χ1v) is 6.56. The Hall–Kier alpha value is -2.43. The van der Waals surface area contributed by atoms with E-state index in [1.165, 1.54) is 16.8 Å². The number of anilines is 1. The predicted molar refractivity (Wildman–Crippen MR) is 77.9 cm³/mol. The Morgan fingerprint density at radius 1 is 1.30 bits per heavy atom. The van der Waals surface area contributed by atoms with Crippen LogP contribution < -0.4 is 10.9 Å². The van der Waals surface area contributed by atoms with E-state index in [0.717, 1.165) is 12.0 Å². The molecular formula is C15H17N3O2. The highest BCUT2D eigenvalue weighted by Gasteiger charge is 2.09. The van der Waals surface area contributed by atoms with Crippen molar-refractivity contribution in [2.75, 3.05) is 5.32 Å². The average Bonchev–Trinajstić information content (AvgIpc) is 2.41. The predicted octanol–water partition coefficient (Wildman–Crippen LogP) is 2.21. The molecule has 5 nitrogen and oxygen atoms in total. The third-order valence-corrected chi connectivity index (χ3v) is 2.81. The van der Waals surface area contributed by atoms with Gasteiger partial charge in [-0.3, -0.25) is 9.59 Å². The van der Waals surface area contributed by atoms with Gasteiger partial charge in [-0.05, 0) is 37.1 Å². The number of carbonyl (C=O) groups excluding carboxylic acids is 1. The molecule has 0 saturated carbocycles. The summed E-state index contributed by atoms with van der Waals surface area (Å²) < 4.78 is 1.31. The van der Waals surface area contributed by atoms with Gasteiger partial charge < -0.3 is 5.32 Å². The van der Waals surface area contributed by atoms with Crippen molar-refractivity contribution in [3.05, 3.63) is 58.0 Å². The molecule has 0 radical (unpaired) electrons. The number of hydrogen-bond acceptors (Lipinski definition) is 3. The largest absolute Gasteiger partial charge is 0.321 e. The van der Waals surface area contributed by atoms with Gasteiger partial charge in [-0.1, -0.05) is 19.1 Å². The standard InChI is InChI=1S/C15H17N3O2/c1-3-9-18-14(19)8-7-13(17-18)15(20)16-12-6-4-5-11(2)10-12/h4-8,10H,3,9H2,1-2H3,(H,16,20). The van der Waals surface area contributed by atoms with E-state index < -0.39 is 0 Å². The van der Waals surface area contributed by atoms with Gasteiger partial charge in [-0.15, -0.1) is 0 Å². The van der Waals surface area contributed by atoms with Crippen molar-refractivity contribution in [3.63, 3.8) is 0 Å². The average molecular weight is 271 g/mol. The Labute approximate surface area is 117 Å². The van der Waals surface area contributed by atoms with Crippen LogP contribution in [0.2, 0.25) is 0 Å². The summed E-state index contributed by atoms with van der Waals surface area (Å²) in [5.74, 6) is -0.319. The second-order valence-corrected chi connectivity index (χ2v) is 4.60. The Bertz CT molecular complexity index is 677. The van der Waals surface area contributed by atoms with Crippen LogP contribution in [0.4, 0.5) is 5.69 Å². The summed E-state index contributed by atoms with van der Waals surface area (Å²) in [6.07, 6.45) is 0.788. The SMILES string of the molecule is CCCn1nc(C(=O)Nc2cccc(C)c2)ccc1=O. The number of carbonyl (C=O) groups is 1. The lowest BCUT2D eigenvalue weighted by atomic mass is 10.2. The molecule has 5 heteroatoms. The monoisotopic (exact) mass is 271 g/mol. The van der Waals surface area contributed by atoms with Gasteiger partial charge in [0, 0.05) is 18.3 Å². The zero-order valence-electron chi connectivity index (χ0n) is 11.6. The van der Waals surface area contributed by atoms with Crippen molar-refractivity contribution in [3.8, 4) is 0 Å². The maximum Gasteiger partial charge on any atom is 0.276 e. The fourth-order valence-electron chi connectivity index (χ4n) is 1.86. The van der Waals surface area contributed by atoms with Gasteiger partial charge in [0.2, 0.25) is 0 Å². The van der Waals surface area contributed by atoms with Crippen molar-refractivity contribution < 1.29 is 4.79 Å². The molecule has 0 spiro atoms. The molecule has 0 aliphatic carbocycles. The van der Waals surface area contributed by atoms with E-state index in [0.29, 0.717) is 12.2 Å². The van der Waals surface area contributed by atoms with E-state index in [4.69, 9.17) is 0 Å². The van der Waals surface area contributed by atoms with Crippen LogP contribution in [-0.4, -0.2) is 15.7 Å². The molecule has 1 amide bonds. The molecule has 0 saturated heterocycles. The zero-order valence-corrected chi connectivity index (χ0v) is 11.6.